The van der Waals surface area contributed by atoms with Crippen LogP contribution in [-0.2, 0) is 13.1 Å². The Bertz CT molecular complexity index is 465. The number of nitrogens with zero attached hydrogens (tertiary/aromatic N) is 2. The summed E-state index contributed by atoms with van der Waals surface area (Å²) in [5, 5.41) is 14.1. The lowest BCUT2D eigenvalue weighted by atomic mass is 10.4. The van der Waals surface area contributed by atoms with E-state index in [-0.39, 0.29) is 0 Å². The van der Waals surface area contributed by atoms with E-state index in [1.807, 2.05) is 6.92 Å². The minimum Gasteiger partial charge on any atom is -0.407 e. The molecule has 0 aromatic carbocycles. The Labute approximate surface area is 104 Å². The van der Waals surface area contributed by atoms with Crippen LogP contribution in [0.5, 0.6) is 0 Å². The van der Waals surface area contributed by atoms with E-state index in [9.17, 15) is 0 Å². The first-order valence-corrected chi connectivity index (χ1v) is 6.42. The van der Waals surface area contributed by atoms with Gasteiger partial charge in [-0.25, -0.2) is 0 Å². The first-order chi connectivity index (χ1) is 8.28. The third kappa shape index (κ3) is 3.54. The van der Waals surface area contributed by atoms with E-state index in [2.05, 4.69) is 39.9 Å². The SMILES string of the molecule is CCNCc1nnc(NCc2ccc(C)s2)o1. The third-order valence-electron chi connectivity index (χ3n) is 2.20. The number of aromatic nitrogens is 2. The number of aryl methyl sites for hydroxylation is 1. The van der Waals surface area contributed by atoms with Crippen LogP contribution in [0.2, 0.25) is 0 Å². The molecule has 0 radical (unpaired) electrons. The highest BCUT2D eigenvalue weighted by molar-refractivity contribution is 7.11. The second-order valence-electron chi connectivity index (χ2n) is 3.65. The fourth-order valence-corrected chi connectivity index (χ4v) is 2.20. The number of nitrogens with one attached hydrogen (secondary N) is 2. The normalized spacial score (nSPS) is 10.7. The molecule has 0 unspecified atom stereocenters. The summed E-state index contributed by atoms with van der Waals surface area (Å²) in [6.07, 6.45) is 0. The molecule has 0 fully saturated rings. The maximum absolute atomic E-state index is 5.42. The van der Waals surface area contributed by atoms with E-state index in [0.717, 1.165) is 13.1 Å². The number of anilines is 1. The van der Waals surface area contributed by atoms with Crippen molar-refractivity contribution in [3.63, 3.8) is 0 Å². The van der Waals surface area contributed by atoms with Crippen molar-refractivity contribution in [2.24, 2.45) is 0 Å². The van der Waals surface area contributed by atoms with Crippen LogP contribution < -0.4 is 10.6 Å². The highest BCUT2D eigenvalue weighted by Gasteiger charge is 2.05. The predicted octanol–water partition coefficient (Wildman–Crippen LogP) is 2.16. The van der Waals surface area contributed by atoms with Gasteiger partial charge in [0.1, 0.15) is 0 Å². The number of hydrogen-bond acceptors (Lipinski definition) is 6. The molecule has 6 heteroatoms. The van der Waals surface area contributed by atoms with Crippen LogP contribution in [0.4, 0.5) is 6.01 Å². The summed E-state index contributed by atoms with van der Waals surface area (Å²) in [6.45, 7) is 6.36. The lowest BCUT2D eigenvalue weighted by Gasteiger charge is -1.97. The van der Waals surface area contributed by atoms with Gasteiger partial charge in [-0.3, -0.25) is 0 Å². The summed E-state index contributed by atoms with van der Waals surface area (Å²) in [5.74, 6) is 0.608. The van der Waals surface area contributed by atoms with Crippen LogP contribution in [0.15, 0.2) is 16.5 Å². The minimum absolute atomic E-state index is 0.476. The maximum Gasteiger partial charge on any atom is 0.315 e. The van der Waals surface area contributed by atoms with E-state index < -0.39 is 0 Å². The molecular formula is C11H16N4OS. The molecule has 2 aromatic rings. The van der Waals surface area contributed by atoms with Gasteiger partial charge in [0.15, 0.2) is 0 Å². The second-order valence-corrected chi connectivity index (χ2v) is 5.02. The zero-order chi connectivity index (χ0) is 12.1. The van der Waals surface area contributed by atoms with Crippen LogP contribution in [0.1, 0.15) is 22.6 Å². The summed E-state index contributed by atoms with van der Waals surface area (Å²) in [6, 6.07) is 4.68. The Hall–Kier alpha value is -1.40. The van der Waals surface area contributed by atoms with Crippen LogP contribution in [0.25, 0.3) is 0 Å². The van der Waals surface area contributed by atoms with Crippen LogP contribution >= 0.6 is 11.3 Å². The van der Waals surface area contributed by atoms with E-state index in [0.29, 0.717) is 18.5 Å². The number of rotatable bonds is 6. The van der Waals surface area contributed by atoms with Crippen molar-refractivity contribution in [1.29, 1.82) is 0 Å². The highest BCUT2D eigenvalue weighted by atomic mass is 32.1. The Balaban J connectivity index is 1.84. The largest absolute Gasteiger partial charge is 0.407 e. The zero-order valence-electron chi connectivity index (χ0n) is 9.99. The average molecular weight is 252 g/mol. The van der Waals surface area contributed by atoms with Gasteiger partial charge in [0.25, 0.3) is 0 Å². The van der Waals surface area contributed by atoms with Gasteiger partial charge >= 0.3 is 6.01 Å². The zero-order valence-corrected chi connectivity index (χ0v) is 10.8. The first kappa shape index (κ1) is 12.1. The van der Waals surface area contributed by atoms with Crippen molar-refractivity contribution in [1.82, 2.24) is 15.5 Å². The Morgan fingerprint density at radius 2 is 2.18 bits per heavy atom. The third-order valence-corrected chi connectivity index (χ3v) is 3.20. The molecule has 0 atom stereocenters. The van der Waals surface area contributed by atoms with Gasteiger partial charge in [-0.2, -0.15) is 0 Å². The van der Waals surface area contributed by atoms with Gasteiger partial charge < -0.3 is 15.1 Å². The Morgan fingerprint density at radius 1 is 1.29 bits per heavy atom. The van der Waals surface area contributed by atoms with Crippen molar-refractivity contribution < 1.29 is 4.42 Å². The molecular weight excluding hydrogens is 236 g/mol. The van der Waals surface area contributed by atoms with Gasteiger partial charge in [-0.15, -0.1) is 16.4 Å². The molecule has 92 valence electrons. The van der Waals surface area contributed by atoms with Crippen LogP contribution in [0, 0.1) is 6.92 Å². The highest BCUT2D eigenvalue weighted by Crippen LogP contribution is 2.16. The minimum atomic E-state index is 0.476. The van der Waals surface area contributed by atoms with Gasteiger partial charge in [-0.05, 0) is 25.6 Å². The van der Waals surface area contributed by atoms with Crippen molar-refractivity contribution >= 4 is 17.4 Å². The topological polar surface area (TPSA) is 63.0 Å². The fourth-order valence-electron chi connectivity index (χ4n) is 1.37. The number of hydrogen-bond donors (Lipinski definition) is 2. The maximum atomic E-state index is 5.42. The summed E-state index contributed by atoms with van der Waals surface area (Å²) in [4.78, 5) is 2.56. The van der Waals surface area contributed by atoms with Gasteiger partial charge in [0, 0.05) is 9.75 Å². The van der Waals surface area contributed by atoms with Crippen molar-refractivity contribution in [3.05, 3.63) is 27.8 Å². The first-order valence-electron chi connectivity index (χ1n) is 5.60. The molecule has 5 nitrogen and oxygen atoms in total. The molecule has 2 rings (SSSR count). The van der Waals surface area contributed by atoms with Gasteiger partial charge in [0.2, 0.25) is 5.89 Å². The average Bonchev–Trinajstić information content (AvgIpc) is 2.93. The molecule has 2 aromatic heterocycles. The summed E-state index contributed by atoms with van der Waals surface area (Å²) < 4.78 is 5.42. The molecule has 0 aliphatic carbocycles. The van der Waals surface area contributed by atoms with Crippen molar-refractivity contribution in [2.75, 3.05) is 11.9 Å². The molecule has 0 bridgehead atoms. The molecule has 0 spiro atoms. The quantitative estimate of drug-likeness (QED) is 0.825. The van der Waals surface area contributed by atoms with Gasteiger partial charge in [-0.1, -0.05) is 12.0 Å². The lowest BCUT2D eigenvalue weighted by molar-refractivity contribution is 0.481. The molecule has 0 aliphatic heterocycles. The molecule has 0 saturated heterocycles. The monoisotopic (exact) mass is 252 g/mol. The van der Waals surface area contributed by atoms with E-state index in [1.54, 1.807) is 11.3 Å². The molecule has 17 heavy (non-hydrogen) atoms. The van der Waals surface area contributed by atoms with Crippen molar-refractivity contribution in [3.8, 4) is 0 Å². The molecule has 0 amide bonds. The molecule has 0 saturated carbocycles. The fraction of sp³-hybridized carbons (Fsp3) is 0.455. The summed E-state index contributed by atoms with van der Waals surface area (Å²) in [7, 11) is 0. The van der Waals surface area contributed by atoms with Crippen LogP contribution in [0.3, 0.4) is 0 Å². The summed E-state index contributed by atoms with van der Waals surface area (Å²) in [5.41, 5.74) is 0. The summed E-state index contributed by atoms with van der Waals surface area (Å²) >= 11 is 1.76. The standard InChI is InChI=1S/C11H16N4OS/c1-3-12-7-10-14-15-11(16-10)13-6-9-5-4-8(2)17-9/h4-5,12H,3,6-7H2,1-2H3,(H,13,15). The molecule has 2 heterocycles. The van der Waals surface area contributed by atoms with Crippen LogP contribution in [-0.4, -0.2) is 16.7 Å². The Morgan fingerprint density at radius 3 is 2.88 bits per heavy atom. The van der Waals surface area contributed by atoms with Gasteiger partial charge in [0.05, 0.1) is 13.1 Å². The smallest absolute Gasteiger partial charge is 0.315 e. The Kier molecular flexibility index (Phi) is 4.11. The molecule has 2 N–H and O–H groups in total. The van der Waals surface area contributed by atoms with E-state index >= 15 is 0 Å². The predicted molar refractivity (Wildman–Crippen MR) is 68.1 cm³/mol. The number of thiophene rings is 1. The lowest BCUT2D eigenvalue weighted by Crippen LogP contribution is -2.11. The second kappa shape index (κ2) is 5.79. The van der Waals surface area contributed by atoms with E-state index in [4.69, 9.17) is 4.42 Å². The van der Waals surface area contributed by atoms with Crippen molar-refractivity contribution in [2.45, 2.75) is 26.9 Å². The molecule has 0 aliphatic rings. The van der Waals surface area contributed by atoms with E-state index in [1.165, 1.54) is 9.75 Å².